The Kier molecular flexibility index (Phi) is 5.22. The third-order valence-corrected chi connectivity index (χ3v) is 6.32. The Bertz CT molecular complexity index is 987. The van der Waals surface area contributed by atoms with Crippen LogP contribution in [0.1, 0.15) is 60.0 Å². The molecule has 0 aliphatic carbocycles. The quantitative estimate of drug-likeness (QED) is 0.609. The first-order chi connectivity index (χ1) is 13.6. The van der Waals surface area contributed by atoms with Crippen molar-refractivity contribution in [3.05, 3.63) is 58.2 Å². The number of benzene rings is 1. The molecule has 3 heterocycles. The van der Waals surface area contributed by atoms with Gasteiger partial charge in [0.25, 0.3) is 5.91 Å². The number of anilines is 1. The lowest BCUT2D eigenvalue weighted by Gasteiger charge is -2.26. The van der Waals surface area contributed by atoms with Crippen molar-refractivity contribution in [1.29, 1.82) is 0 Å². The number of unbranched alkanes of at least 4 members (excludes halogenated alkanes) is 1. The first kappa shape index (κ1) is 18.7. The van der Waals surface area contributed by atoms with Crippen molar-refractivity contribution in [3.8, 4) is 11.1 Å². The van der Waals surface area contributed by atoms with Gasteiger partial charge in [-0.3, -0.25) is 9.48 Å². The van der Waals surface area contributed by atoms with Crippen LogP contribution in [-0.2, 0) is 13.0 Å². The van der Waals surface area contributed by atoms with Crippen LogP contribution in [0.3, 0.4) is 0 Å². The molecule has 1 aromatic carbocycles. The summed E-state index contributed by atoms with van der Waals surface area (Å²) < 4.78 is 1.94. The van der Waals surface area contributed by atoms with Crippen molar-refractivity contribution in [2.24, 2.45) is 0 Å². The summed E-state index contributed by atoms with van der Waals surface area (Å²) in [5, 5.41) is 14.0. The lowest BCUT2D eigenvalue weighted by molar-refractivity contribution is 0.0937. The Balaban J connectivity index is 1.60. The number of carbonyl (C=O) groups is 1. The monoisotopic (exact) mass is 394 g/mol. The Labute approximate surface area is 169 Å². The first-order valence-electron chi connectivity index (χ1n) is 9.92. The summed E-state index contributed by atoms with van der Waals surface area (Å²) in [6.07, 6.45) is 5.10. The average molecular weight is 395 g/mol. The third kappa shape index (κ3) is 3.33. The molecule has 0 saturated heterocycles. The number of fused-ring (bicyclic) bond motifs is 1. The number of hydrogen-bond donors (Lipinski definition) is 2. The van der Waals surface area contributed by atoms with Crippen LogP contribution in [0, 0.1) is 6.92 Å². The van der Waals surface area contributed by atoms with Crippen LogP contribution in [0.15, 0.2) is 35.8 Å². The molecule has 4 rings (SSSR count). The predicted molar refractivity (Wildman–Crippen MR) is 115 cm³/mol. The van der Waals surface area contributed by atoms with Crippen molar-refractivity contribution in [1.82, 2.24) is 15.1 Å². The second-order valence-electron chi connectivity index (χ2n) is 7.21. The maximum atomic E-state index is 12.9. The number of nitrogens with zero attached hydrogens (tertiary/aromatic N) is 2. The molecule has 0 bridgehead atoms. The smallest absolute Gasteiger partial charge is 0.256 e. The highest BCUT2D eigenvalue weighted by atomic mass is 32.1. The third-order valence-electron chi connectivity index (χ3n) is 5.40. The van der Waals surface area contributed by atoms with Crippen LogP contribution < -0.4 is 10.6 Å². The van der Waals surface area contributed by atoms with Crippen LogP contribution in [0.4, 0.5) is 5.00 Å². The fourth-order valence-corrected chi connectivity index (χ4v) is 4.72. The van der Waals surface area contributed by atoms with E-state index in [1.54, 1.807) is 11.3 Å². The summed E-state index contributed by atoms with van der Waals surface area (Å²) in [6, 6.07) is 8.60. The summed E-state index contributed by atoms with van der Waals surface area (Å²) in [4.78, 5) is 12.9. The van der Waals surface area contributed by atoms with Gasteiger partial charge in [0.05, 0.1) is 11.8 Å². The molecule has 1 atom stereocenters. The molecule has 0 unspecified atom stereocenters. The SMILES string of the molecule is CCCCc1ccc(-c2csc3c2C(=O)N[C@H](c2cnn(CC)c2C)N3)cc1. The number of aryl methyl sites for hydroxylation is 2. The maximum Gasteiger partial charge on any atom is 0.256 e. The van der Waals surface area contributed by atoms with E-state index in [0.717, 1.165) is 45.9 Å². The van der Waals surface area contributed by atoms with Gasteiger partial charge in [-0.2, -0.15) is 5.10 Å². The number of nitrogens with one attached hydrogen (secondary N) is 2. The molecule has 0 spiro atoms. The lowest BCUT2D eigenvalue weighted by atomic mass is 9.99. The topological polar surface area (TPSA) is 59.0 Å². The van der Waals surface area contributed by atoms with Crippen molar-refractivity contribution in [2.45, 2.75) is 52.7 Å². The first-order valence-corrected chi connectivity index (χ1v) is 10.8. The molecule has 0 radical (unpaired) electrons. The minimum Gasteiger partial charge on any atom is -0.352 e. The van der Waals surface area contributed by atoms with Gasteiger partial charge in [-0.25, -0.2) is 0 Å². The maximum absolute atomic E-state index is 12.9. The van der Waals surface area contributed by atoms with Gasteiger partial charge in [0.2, 0.25) is 0 Å². The lowest BCUT2D eigenvalue weighted by Crippen LogP contribution is -2.38. The van der Waals surface area contributed by atoms with Gasteiger partial charge >= 0.3 is 0 Å². The summed E-state index contributed by atoms with van der Waals surface area (Å²) >= 11 is 1.59. The van der Waals surface area contributed by atoms with E-state index in [-0.39, 0.29) is 12.1 Å². The molecule has 28 heavy (non-hydrogen) atoms. The van der Waals surface area contributed by atoms with E-state index >= 15 is 0 Å². The number of hydrogen-bond acceptors (Lipinski definition) is 4. The summed E-state index contributed by atoms with van der Waals surface area (Å²) in [6.45, 7) is 7.12. The highest BCUT2D eigenvalue weighted by Gasteiger charge is 2.30. The number of rotatable bonds is 6. The molecule has 146 valence electrons. The zero-order valence-corrected chi connectivity index (χ0v) is 17.4. The summed E-state index contributed by atoms with van der Waals surface area (Å²) in [7, 11) is 0. The van der Waals surface area contributed by atoms with Gasteiger partial charge in [-0.1, -0.05) is 37.6 Å². The normalized spacial score (nSPS) is 15.8. The van der Waals surface area contributed by atoms with Gasteiger partial charge in [0.15, 0.2) is 0 Å². The highest BCUT2D eigenvalue weighted by Crippen LogP contribution is 2.40. The van der Waals surface area contributed by atoms with E-state index in [1.165, 1.54) is 18.4 Å². The van der Waals surface area contributed by atoms with E-state index in [9.17, 15) is 4.79 Å². The Morgan fingerprint density at radius 2 is 1.96 bits per heavy atom. The van der Waals surface area contributed by atoms with E-state index in [4.69, 9.17) is 0 Å². The van der Waals surface area contributed by atoms with Crippen LogP contribution in [-0.4, -0.2) is 15.7 Å². The zero-order chi connectivity index (χ0) is 19.7. The van der Waals surface area contributed by atoms with Gasteiger partial charge in [-0.15, -0.1) is 11.3 Å². The fraction of sp³-hybridized carbons (Fsp3) is 0.364. The van der Waals surface area contributed by atoms with Crippen LogP contribution in [0.25, 0.3) is 11.1 Å². The van der Waals surface area contributed by atoms with Crippen LogP contribution in [0.2, 0.25) is 0 Å². The second-order valence-corrected chi connectivity index (χ2v) is 8.09. The number of aromatic nitrogens is 2. The molecule has 5 nitrogen and oxygen atoms in total. The largest absolute Gasteiger partial charge is 0.352 e. The molecular weight excluding hydrogens is 368 g/mol. The molecule has 1 amide bonds. The van der Waals surface area contributed by atoms with E-state index in [1.807, 2.05) is 17.8 Å². The average Bonchev–Trinajstić information content (AvgIpc) is 3.30. The van der Waals surface area contributed by atoms with Crippen molar-refractivity contribution in [2.75, 3.05) is 5.32 Å². The Hall–Kier alpha value is -2.60. The molecule has 6 heteroatoms. The molecule has 2 N–H and O–H groups in total. The Morgan fingerprint density at radius 3 is 2.64 bits per heavy atom. The molecule has 2 aromatic heterocycles. The number of thiophene rings is 1. The van der Waals surface area contributed by atoms with Gasteiger partial charge in [-0.05, 0) is 37.8 Å². The minimum atomic E-state index is -0.247. The minimum absolute atomic E-state index is 0.0336. The molecule has 3 aromatic rings. The summed E-state index contributed by atoms with van der Waals surface area (Å²) in [5.41, 5.74) is 6.25. The number of carbonyl (C=O) groups excluding carboxylic acids is 1. The van der Waals surface area contributed by atoms with Crippen LogP contribution >= 0.6 is 11.3 Å². The number of amides is 1. The fourth-order valence-electron chi connectivity index (χ4n) is 3.72. The van der Waals surface area contributed by atoms with Crippen LogP contribution in [0.5, 0.6) is 0 Å². The van der Waals surface area contributed by atoms with E-state index < -0.39 is 0 Å². The zero-order valence-electron chi connectivity index (χ0n) is 16.6. The summed E-state index contributed by atoms with van der Waals surface area (Å²) in [5.74, 6) is -0.0336. The molecule has 1 aliphatic heterocycles. The van der Waals surface area contributed by atoms with E-state index in [2.05, 4.69) is 59.2 Å². The van der Waals surface area contributed by atoms with Crippen molar-refractivity contribution in [3.63, 3.8) is 0 Å². The van der Waals surface area contributed by atoms with Gasteiger partial charge < -0.3 is 10.6 Å². The van der Waals surface area contributed by atoms with Gasteiger partial charge in [0, 0.05) is 28.7 Å². The molecule has 0 fully saturated rings. The van der Waals surface area contributed by atoms with Crippen molar-refractivity contribution < 1.29 is 4.79 Å². The standard InChI is InChI=1S/C22H26N4OS/c1-4-6-7-15-8-10-16(11-9-15)18-13-28-22-19(18)21(27)24-20(25-22)17-12-23-26(5-2)14(17)3/h8-13,20,25H,4-7H2,1-3H3,(H,24,27)/t20-/m0/s1. The van der Waals surface area contributed by atoms with E-state index in [0.29, 0.717) is 0 Å². The second kappa shape index (κ2) is 7.80. The molecule has 0 saturated carbocycles. The molecular formula is C22H26N4OS. The highest BCUT2D eigenvalue weighted by molar-refractivity contribution is 7.15. The predicted octanol–water partition coefficient (Wildman–Crippen LogP) is 5.14. The van der Waals surface area contributed by atoms with Crippen molar-refractivity contribution >= 4 is 22.2 Å². The Morgan fingerprint density at radius 1 is 1.18 bits per heavy atom. The van der Waals surface area contributed by atoms with Gasteiger partial charge in [0.1, 0.15) is 11.2 Å². The molecule has 1 aliphatic rings.